The minimum absolute atomic E-state index is 0.0233. The van der Waals surface area contributed by atoms with Crippen molar-refractivity contribution in [1.82, 2.24) is 20.5 Å². The second-order valence-electron chi connectivity index (χ2n) is 9.64. The zero-order valence-corrected chi connectivity index (χ0v) is 21.5. The second-order valence-corrected chi connectivity index (χ2v) is 9.64. The van der Waals surface area contributed by atoms with Crippen LogP contribution >= 0.6 is 0 Å². The van der Waals surface area contributed by atoms with Gasteiger partial charge in [-0.15, -0.1) is 0 Å². The molecule has 0 saturated carbocycles. The molecule has 2 heterocycles. The summed E-state index contributed by atoms with van der Waals surface area (Å²) in [6.45, 7) is 1.66. The Morgan fingerprint density at radius 2 is 1.79 bits per heavy atom. The first-order valence-electron chi connectivity index (χ1n) is 12.7. The molecule has 5 N–H and O–H groups in total. The van der Waals surface area contributed by atoms with Crippen molar-refractivity contribution in [2.24, 2.45) is 0 Å². The van der Waals surface area contributed by atoms with Gasteiger partial charge in [-0.05, 0) is 42.7 Å². The Labute approximate surface area is 226 Å². The van der Waals surface area contributed by atoms with E-state index < -0.39 is 42.0 Å². The molecule has 10 nitrogen and oxygen atoms in total. The molecule has 3 aromatic rings. The topological polar surface area (TPSA) is 152 Å². The number of aromatic hydroxyl groups is 1. The highest BCUT2D eigenvalue weighted by molar-refractivity contribution is 5.97. The largest absolute Gasteiger partial charge is 0.508 e. The molecule has 1 aromatic heterocycles. The molecule has 2 aromatic carbocycles. The van der Waals surface area contributed by atoms with Crippen LogP contribution in [0.3, 0.4) is 0 Å². The predicted octanol–water partition coefficient (Wildman–Crippen LogP) is 1.08. The summed E-state index contributed by atoms with van der Waals surface area (Å²) < 4.78 is 0. The predicted molar refractivity (Wildman–Crippen MR) is 142 cm³/mol. The second kappa shape index (κ2) is 12.5. The summed E-state index contributed by atoms with van der Waals surface area (Å²) in [7, 11) is 0. The Hall–Kier alpha value is -4.28. The number of benzene rings is 2. The summed E-state index contributed by atoms with van der Waals surface area (Å²) in [6, 6.07) is 15.1. The van der Waals surface area contributed by atoms with Crippen molar-refractivity contribution < 1.29 is 29.7 Å². The maximum absolute atomic E-state index is 13.5. The van der Waals surface area contributed by atoms with E-state index in [1.54, 1.807) is 43.6 Å². The van der Waals surface area contributed by atoms with Crippen LogP contribution in [0, 0.1) is 6.92 Å². The summed E-state index contributed by atoms with van der Waals surface area (Å²) >= 11 is 0. The lowest BCUT2D eigenvalue weighted by Crippen LogP contribution is -2.55. The summed E-state index contributed by atoms with van der Waals surface area (Å²) in [4.78, 5) is 44.8. The molecule has 39 heavy (non-hydrogen) atoms. The number of carbonyl (C=O) groups excluding carboxylic acids is 3. The zero-order valence-electron chi connectivity index (χ0n) is 21.5. The minimum Gasteiger partial charge on any atom is -0.508 e. The van der Waals surface area contributed by atoms with Gasteiger partial charge in [-0.25, -0.2) is 0 Å². The Kier molecular flexibility index (Phi) is 8.90. The SMILES string of the molecule is Cc1c(O)cccc1C(=O)NC(Cc1ccccc1)C(O)C(=O)N1CC(O)CC1C(=O)NCc1cccnc1. The fourth-order valence-corrected chi connectivity index (χ4v) is 4.68. The lowest BCUT2D eigenvalue weighted by Gasteiger charge is -2.30. The number of hydrogen-bond donors (Lipinski definition) is 5. The maximum Gasteiger partial charge on any atom is 0.254 e. The quantitative estimate of drug-likeness (QED) is 0.277. The third-order valence-corrected chi connectivity index (χ3v) is 6.85. The number of phenols is 1. The first-order valence-corrected chi connectivity index (χ1v) is 12.7. The van der Waals surface area contributed by atoms with Crippen molar-refractivity contribution in [3.8, 4) is 5.75 Å². The van der Waals surface area contributed by atoms with E-state index in [1.807, 2.05) is 18.2 Å². The van der Waals surface area contributed by atoms with Crippen LogP contribution in [0.5, 0.6) is 5.75 Å². The van der Waals surface area contributed by atoms with E-state index in [0.717, 1.165) is 16.0 Å². The van der Waals surface area contributed by atoms with Gasteiger partial charge >= 0.3 is 0 Å². The number of amides is 3. The van der Waals surface area contributed by atoms with Gasteiger partial charge in [0, 0.05) is 43.0 Å². The minimum atomic E-state index is -1.70. The van der Waals surface area contributed by atoms with Gasteiger partial charge < -0.3 is 30.9 Å². The van der Waals surface area contributed by atoms with Crippen LogP contribution in [0.15, 0.2) is 73.1 Å². The standard InChI is InChI=1S/C29H32N4O6/c1-18-22(10-5-11-25(18)35)27(37)32-23(13-19-7-3-2-4-8-19)26(36)29(39)33-17-21(34)14-24(33)28(38)31-16-20-9-6-12-30-15-20/h2-12,15,21,23-24,26,34-36H,13-14,16-17H2,1H3,(H,31,38)(H,32,37). The number of phenolic OH excluding ortho intramolecular Hbond substituents is 1. The summed E-state index contributed by atoms with van der Waals surface area (Å²) in [5.74, 6) is -1.86. The van der Waals surface area contributed by atoms with Crippen molar-refractivity contribution >= 4 is 17.7 Å². The van der Waals surface area contributed by atoms with Crippen molar-refractivity contribution in [3.05, 3.63) is 95.3 Å². The van der Waals surface area contributed by atoms with Crippen LogP contribution in [0.25, 0.3) is 0 Å². The molecule has 0 aliphatic carbocycles. The van der Waals surface area contributed by atoms with Crippen LogP contribution in [0.1, 0.15) is 33.5 Å². The molecule has 10 heteroatoms. The lowest BCUT2D eigenvalue weighted by molar-refractivity contribution is -0.146. The fraction of sp³-hybridized carbons (Fsp3) is 0.310. The number of nitrogens with one attached hydrogen (secondary N) is 2. The van der Waals surface area contributed by atoms with Gasteiger partial charge in [0.2, 0.25) is 5.91 Å². The molecule has 3 amide bonds. The highest BCUT2D eigenvalue weighted by Crippen LogP contribution is 2.23. The fourth-order valence-electron chi connectivity index (χ4n) is 4.68. The molecular weight excluding hydrogens is 500 g/mol. The normalized spacial score (nSPS) is 18.3. The highest BCUT2D eigenvalue weighted by Gasteiger charge is 2.42. The average molecular weight is 533 g/mol. The van der Waals surface area contributed by atoms with E-state index in [9.17, 15) is 29.7 Å². The van der Waals surface area contributed by atoms with E-state index in [4.69, 9.17) is 0 Å². The molecule has 0 spiro atoms. The number of rotatable bonds is 9. The first kappa shape index (κ1) is 27.7. The molecule has 0 bridgehead atoms. The van der Waals surface area contributed by atoms with Crippen LogP contribution in [0.4, 0.5) is 0 Å². The number of aliphatic hydroxyl groups excluding tert-OH is 2. The van der Waals surface area contributed by atoms with Crippen LogP contribution in [-0.2, 0) is 22.6 Å². The zero-order chi connectivity index (χ0) is 27.9. The summed E-state index contributed by atoms with van der Waals surface area (Å²) in [6.07, 6.45) is 0.744. The number of aromatic nitrogens is 1. The van der Waals surface area contributed by atoms with Gasteiger partial charge in [-0.3, -0.25) is 19.4 Å². The van der Waals surface area contributed by atoms with Crippen molar-refractivity contribution in [1.29, 1.82) is 0 Å². The number of nitrogens with zero attached hydrogens (tertiary/aromatic N) is 2. The number of carbonyl (C=O) groups is 3. The van der Waals surface area contributed by atoms with Gasteiger partial charge in [0.1, 0.15) is 11.8 Å². The molecule has 1 aliphatic rings. The molecule has 1 fully saturated rings. The summed E-state index contributed by atoms with van der Waals surface area (Å²) in [5, 5.41) is 37.1. The monoisotopic (exact) mass is 532 g/mol. The maximum atomic E-state index is 13.5. The molecular formula is C29H32N4O6. The Bertz CT molecular complexity index is 1300. The Balaban J connectivity index is 1.52. The van der Waals surface area contributed by atoms with Crippen LogP contribution in [-0.4, -0.2) is 73.8 Å². The third-order valence-electron chi connectivity index (χ3n) is 6.85. The van der Waals surface area contributed by atoms with E-state index in [1.165, 1.54) is 18.2 Å². The Morgan fingerprint density at radius 3 is 2.51 bits per heavy atom. The number of pyridine rings is 1. The molecule has 1 saturated heterocycles. The van der Waals surface area contributed by atoms with Gasteiger partial charge in [0.05, 0.1) is 12.1 Å². The van der Waals surface area contributed by atoms with Gasteiger partial charge in [0.25, 0.3) is 11.8 Å². The number of aliphatic hydroxyl groups is 2. The number of hydrogen-bond acceptors (Lipinski definition) is 7. The average Bonchev–Trinajstić information content (AvgIpc) is 3.34. The van der Waals surface area contributed by atoms with E-state index >= 15 is 0 Å². The van der Waals surface area contributed by atoms with E-state index in [0.29, 0.717) is 5.56 Å². The highest BCUT2D eigenvalue weighted by atomic mass is 16.3. The first-order chi connectivity index (χ1) is 18.7. The van der Waals surface area contributed by atoms with Crippen molar-refractivity contribution in [3.63, 3.8) is 0 Å². The molecule has 1 aliphatic heterocycles. The molecule has 4 unspecified atom stereocenters. The molecule has 4 rings (SSSR count). The van der Waals surface area contributed by atoms with Crippen molar-refractivity contribution in [2.75, 3.05) is 6.54 Å². The van der Waals surface area contributed by atoms with Gasteiger partial charge in [-0.2, -0.15) is 0 Å². The van der Waals surface area contributed by atoms with Gasteiger partial charge in [0.15, 0.2) is 6.10 Å². The molecule has 0 radical (unpaired) electrons. The van der Waals surface area contributed by atoms with E-state index in [2.05, 4.69) is 15.6 Å². The van der Waals surface area contributed by atoms with Crippen LogP contribution in [0.2, 0.25) is 0 Å². The molecule has 4 atom stereocenters. The Morgan fingerprint density at radius 1 is 1.05 bits per heavy atom. The lowest BCUT2D eigenvalue weighted by atomic mass is 9.98. The number of β-amino-alcohol motifs (C(OH)–C–C–N with tert-alkyl or cyclic N) is 1. The summed E-state index contributed by atoms with van der Waals surface area (Å²) in [5.41, 5.74) is 2.11. The van der Waals surface area contributed by atoms with Gasteiger partial charge in [-0.1, -0.05) is 42.5 Å². The molecule has 204 valence electrons. The van der Waals surface area contributed by atoms with Crippen LogP contribution < -0.4 is 10.6 Å². The smallest absolute Gasteiger partial charge is 0.254 e. The number of likely N-dealkylation sites (tertiary alicyclic amines) is 1. The third kappa shape index (κ3) is 6.78. The van der Waals surface area contributed by atoms with Crippen molar-refractivity contribution in [2.45, 2.75) is 50.6 Å². The van der Waals surface area contributed by atoms with E-state index in [-0.39, 0.29) is 37.2 Å².